The molecule has 8 heteroatoms. The molecule has 3 N–H and O–H groups in total. The fraction of sp³-hybridized carbons (Fsp3) is 0.632. The van der Waals surface area contributed by atoms with Gasteiger partial charge in [0.25, 0.3) is 0 Å². The molecule has 1 aliphatic heterocycles. The van der Waals surface area contributed by atoms with Crippen molar-refractivity contribution >= 4 is 41.7 Å². The highest BCUT2D eigenvalue weighted by molar-refractivity contribution is 14.0. The summed E-state index contributed by atoms with van der Waals surface area (Å²) in [4.78, 5) is 23.1. The van der Waals surface area contributed by atoms with Gasteiger partial charge in [0.15, 0.2) is 5.96 Å². The van der Waals surface area contributed by atoms with E-state index in [0.717, 1.165) is 49.8 Å². The number of nitrogens with zero attached hydrogens (tertiary/aromatic N) is 3. The average Bonchev–Trinajstić information content (AvgIpc) is 3.37. The van der Waals surface area contributed by atoms with E-state index in [1.165, 1.54) is 12.8 Å². The van der Waals surface area contributed by atoms with Gasteiger partial charge in [-0.15, -0.1) is 24.0 Å². The number of carbonyl (C=O) groups is 1. The zero-order chi connectivity index (χ0) is 18.2. The zero-order valence-corrected chi connectivity index (χ0v) is 18.4. The Labute approximate surface area is 178 Å². The highest BCUT2D eigenvalue weighted by Gasteiger charge is 2.28. The molecule has 0 aromatic carbocycles. The molecule has 0 unspecified atom stereocenters. The van der Waals surface area contributed by atoms with Gasteiger partial charge in [-0.1, -0.05) is 0 Å². The molecule has 2 fully saturated rings. The first kappa shape index (κ1) is 21.7. The van der Waals surface area contributed by atoms with Crippen molar-refractivity contribution in [2.24, 2.45) is 10.9 Å². The lowest BCUT2D eigenvalue weighted by Gasteiger charge is -2.16. The number of rotatable bonds is 8. The van der Waals surface area contributed by atoms with Crippen LogP contribution in [0.1, 0.15) is 38.2 Å². The van der Waals surface area contributed by atoms with Crippen molar-refractivity contribution in [3.05, 3.63) is 23.9 Å². The SMILES string of the molecule is CCNC(=NCc1ccnc(N2CCCC2)c1)NCCNC(=O)C1CC1.I. The normalized spacial score (nSPS) is 16.6. The first-order chi connectivity index (χ1) is 12.8. The Hall–Kier alpha value is -1.58. The molecule has 27 heavy (non-hydrogen) atoms. The molecule has 1 amide bonds. The molecule has 0 bridgehead atoms. The van der Waals surface area contributed by atoms with E-state index in [-0.39, 0.29) is 35.8 Å². The summed E-state index contributed by atoms with van der Waals surface area (Å²) in [6.45, 7) is 6.92. The van der Waals surface area contributed by atoms with Gasteiger partial charge in [0.1, 0.15) is 5.82 Å². The molecule has 1 aromatic rings. The van der Waals surface area contributed by atoms with Crippen LogP contribution in [0.3, 0.4) is 0 Å². The summed E-state index contributed by atoms with van der Waals surface area (Å²) in [5.74, 6) is 2.26. The molecule has 1 aliphatic carbocycles. The van der Waals surface area contributed by atoms with Gasteiger partial charge >= 0.3 is 0 Å². The van der Waals surface area contributed by atoms with Gasteiger partial charge in [-0.2, -0.15) is 0 Å². The highest BCUT2D eigenvalue weighted by Crippen LogP contribution is 2.28. The molecule has 1 saturated carbocycles. The summed E-state index contributed by atoms with van der Waals surface area (Å²) in [6, 6.07) is 4.15. The second-order valence-corrected chi connectivity index (χ2v) is 6.90. The van der Waals surface area contributed by atoms with Gasteiger partial charge in [0, 0.05) is 44.8 Å². The van der Waals surface area contributed by atoms with E-state index >= 15 is 0 Å². The number of hydrogen-bond donors (Lipinski definition) is 3. The van der Waals surface area contributed by atoms with Crippen molar-refractivity contribution in [3.63, 3.8) is 0 Å². The van der Waals surface area contributed by atoms with Gasteiger partial charge < -0.3 is 20.9 Å². The Morgan fingerprint density at radius 1 is 1.22 bits per heavy atom. The number of aliphatic imine (C=N–C) groups is 1. The van der Waals surface area contributed by atoms with E-state index < -0.39 is 0 Å². The van der Waals surface area contributed by atoms with Crippen LogP contribution >= 0.6 is 24.0 Å². The van der Waals surface area contributed by atoms with Crippen LogP contribution in [0.15, 0.2) is 23.3 Å². The Morgan fingerprint density at radius 2 is 1.96 bits per heavy atom. The fourth-order valence-corrected chi connectivity index (χ4v) is 3.05. The lowest BCUT2D eigenvalue weighted by atomic mass is 10.2. The molecule has 1 saturated heterocycles. The van der Waals surface area contributed by atoms with E-state index in [0.29, 0.717) is 19.6 Å². The first-order valence-electron chi connectivity index (χ1n) is 9.76. The maximum atomic E-state index is 11.6. The van der Waals surface area contributed by atoms with Crippen LogP contribution in [0.25, 0.3) is 0 Å². The summed E-state index contributed by atoms with van der Waals surface area (Å²) >= 11 is 0. The smallest absolute Gasteiger partial charge is 0.223 e. The van der Waals surface area contributed by atoms with Crippen LogP contribution in [0.2, 0.25) is 0 Å². The molecule has 1 aromatic heterocycles. The predicted octanol–water partition coefficient (Wildman–Crippen LogP) is 1.88. The fourth-order valence-electron chi connectivity index (χ4n) is 3.05. The number of carbonyl (C=O) groups excluding carboxylic acids is 1. The molecular weight excluding hydrogens is 455 g/mol. The third-order valence-electron chi connectivity index (χ3n) is 4.67. The van der Waals surface area contributed by atoms with E-state index in [2.05, 4.69) is 36.9 Å². The predicted molar refractivity (Wildman–Crippen MR) is 120 cm³/mol. The Morgan fingerprint density at radius 3 is 2.67 bits per heavy atom. The summed E-state index contributed by atoms with van der Waals surface area (Å²) in [5, 5.41) is 9.48. The highest BCUT2D eigenvalue weighted by atomic mass is 127. The van der Waals surface area contributed by atoms with Crippen molar-refractivity contribution in [2.45, 2.75) is 39.2 Å². The molecule has 2 aliphatic rings. The first-order valence-corrected chi connectivity index (χ1v) is 9.76. The van der Waals surface area contributed by atoms with E-state index in [1.807, 2.05) is 19.2 Å². The number of hydrogen-bond acceptors (Lipinski definition) is 4. The Kier molecular flexibility index (Phi) is 9.09. The van der Waals surface area contributed by atoms with Crippen LogP contribution in [-0.2, 0) is 11.3 Å². The molecule has 150 valence electrons. The molecule has 2 heterocycles. The number of anilines is 1. The van der Waals surface area contributed by atoms with Crippen LogP contribution in [-0.4, -0.2) is 49.6 Å². The van der Waals surface area contributed by atoms with E-state index in [1.54, 1.807) is 0 Å². The molecule has 0 atom stereocenters. The molecular formula is C19H31IN6O. The largest absolute Gasteiger partial charge is 0.357 e. The second-order valence-electron chi connectivity index (χ2n) is 6.90. The summed E-state index contributed by atoms with van der Waals surface area (Å²) in [5.41, 5.74) is 1.15. The van der Waals surface area contributed by atoms with Crippen LogP contribution in [0, 0.1) is 5.92 Å². The maximum Gasteiger partial charge on any atom is 0.223 e. The lowest BCUT2D eigenvalue weighted by molar-refractivity contribution is -0.122. The zero-order valence-electron chi connectivity index (χ0n) is 16.0. The van der Waals surface area contributed by atoms with E-state index in [9.17, 15) is 4.79 Å². The number of halogens is 1. The van der Waals surface area contributed by atoms with Crippen LogP contribution in [0.5, 0.6) is 0 Å². The van der Waals surface area contributed by atoms with Gasteiger partial charge in [-0.25, -0.2) is 9.98 Å². The maximum absolute atomic E-state index is 11.6. The topological polar surface area (TPSA) is 81.7 Å². The number of guanidine groups is 1. The van der Waals surface area contributed by atoms with Crippen molar-refractivity contribution in [1.82, 2.24) is 20.9 Å². The van der Waals surface area contributed by atoms with Crippen molar-refractivity contribution in [3.8, 4) is 0 Å². The molecule has 0 radical (unpaired) electrons. The number of pyridine rings is 1. The van der Waals surface area contributed by atoms with Gasteiger partial charge in [-0.05, 0) is 50.3 Å². The summed E-state index contributed by atoms with van der Waals surface area (Å²) < 4.78 is 0. The minimum absolute atomic E-state index is 0. The lowest BCUT2D eigenvalue weighted by Crippen LogP contribution is -2.41. The number of amides is 1. The third kappa shape index (κ3) is 7.15. The molecule has 0 spiro atoms. The van der Waals surface area contributed by atoms with Crippen LogP contribution in [0.4, 0.5) is 5.82 Å². The minimum atomic E-state index is 0. The standard InChI is InChI=1S/C19H30N6O.HI/c1-2-20-19(23-10-9-22-18(26)16-5-6-16)24-14-15-7-8-21-17(13-15)25-11-3-4-12-25;/h7-8,13,16H,2-6,9-12,14H2,1H3,(H,22,26)(H2,20,23,24);1H. The van der Waals surface area contributed by atoms with Gasteiger partial charge in [0.2, 0.25) is 5.91 Å². The summed E-state index contributed by atoms with van der Waals surface area (Å²) in [6.07, 6.45) is 6.43. The van der Waals surface area contributed by atoms with Crippen LogP contribution < -0.4 is 20.9 Å². The van der Waals surface area contributed by atoms with Crippen molar-refractivity contribution in [2.75, 3.05) is 37.6 Å². The number of aromatic nitrogens is 1. The van der Waals surface area contributed by atoms with Crippen molar-refractivity contribution < 1.29 is 4.79 Å². The molecule has 3 rings (SSSR count). The summed E-state index contributed by atoms with van der Waals surface area (Å²) in [7, 11) is 0. The third-order valence-corrected chi connectivity index (χ3v) is 4.67. The van der Waals surface area contributed by atoms with Gasteiger partial charge in [-0.3, -0.25) is 4.79 Å². The Balaban J connectivity index is 0.00000261. The Bertz CT molecular complexity index is 628. The van der Waals surface area contributed by atoms with E-state index in [4.69, 9.17) is 0 Å². The monoisotopic (exact) mass is 486 g/mol. The van der Waals surface area contributed by atoms with Gasteiger partial charge in [0.05, 0.1) is 6.54 Å². The second kappa shape index (κ2) is 11.3. The van der Waals surface area contributed by atoms with Crippen molar-refractivity contribution in [1.29, 1.82) is 0 Å². The minimum Gasteiger partial charge on any atom is -0.357 e. The average molecular weight is 486 g/mol. The number of nitrogens with one attached hydrogen (secondary N) is 3. The quantitative estimate of drug-likeness (QED) is 0.226. The molecule has 7 nitrogen and oxygen atoms in total.